The molecule has 0 radical (unpaired) electrons. The van der Waals surface area contributed by atoms with Gasteiger partial charge in [-0.25, -0.2) is 9.97 Å². The molecule has 2 atom stereocenters. The quantitative estimate of drug-likeness (QED) is 0.441. The highest BCUT2D eigenvalue weighted by Gasteiger charge is 2.42. The molecular weight excluding hydrogens is 479 g/mol. The van der Waals surface area contributed by atoms with Crippen molar-refractivity contribution in [1.29, 1.82) is 0 Å². The SMILES string of the molecule is CC(C)c1nc(-c2cc[nH]n2)c2c(n1)C1CCCCC2CN1C(=O)c1cccc(C(F)(F)F)c1Cl. The summed E-state index contributed by atoms with van der Waals surface area (Å²) < 4.78 is 40.4. The van der Waals surface area contributed by atoms with Crippen LogP contribution in [0.25, 0.3) is 11.4 Å². The molecule has 0 spiro atoms. The van der Waals surface area contributed by atoms with E-state index in [1.807, 2.05) is 19.9 Å². The lowest BCUT2D eigenvalue weighted by molar-refractivity contribution is -0.137. The van der Waals surface area contributed by atoms with E-state index >= 15 is 0 Å². The smallest absolute Gasteiger partial charge is 0.329 e. The molecule has 2 aliphatic rings. The first-order chi connectivity index (χ1) is 16.7. The van der Waals surface area contributed by atoms with E-state index in [0.717, 1.165) is 48.0 Å². The van der Waals surface area contributed by atoms with Gasteiger partial charge < -0.3 is 4.90 Å². The Bertz CT molecular complexity index is 1260. The highest BCUT2D eigenvalue weighted by atomic mass is 35.5. The summed E-state index contributed by atoms with van der Waals surface area (Å²) in [5, 5.41) is 6.64. The molecule has 35 heavy (non-hydrogen) atoms. The highest BCUT2D eigenvalue weighted by Crippen LogP contribution is 2.47. The third-order valence-electron chi connectivity index (χ3n) is 6.84. The molecule has 2 bridgehead atoms. The molecule has 0 saturated heterocycles. The van der Waals surface area contributed by atoms with Gasteiger partial charge in [0.1, 0.15) is 11.5 Å². The van der Waals surface area contributed by atoms with Crippen LogP contribution in [-0.4, -0.2) is 37.5 Å². The zero-order chi connectivity index (χ0) is 24.9. The molecule has 0 saturated carbocycles. The maximum atomic E-state index is 13.7. The van der Waals surface area contributed by atoms with Crippen molar-refractivity contribution in [1.82, 2.24) is 25.1 Å². The van der Waals surface area contributed by atoms with Crippen LogP contribution in [0.5, 0.6) is 0 Å². The van der Waals surface area contributed by atoms with Crippen molar-refractivity contribution in [3.63, 3.8) is 0 Å². The average molecular weight is 504 g/mol. The van der Waals surface area contributed by atoms with Gasteiger partial charge in [-0.15, -0.1) is 0 Å². The summed E-state index contributed by atoms with van der Waals surface area (Å²) in [5.74, 6) is 0.138. The van der Waals surface area contributed by atoms with E-state index in [0.29, 0.717) is 18.8 Å². The number of aromatic nitrogens is 4. The number of hydrogen-bond acceptors (Lipinski definition) is 4. The number of alkyl halides is 3. The zero-order valence-corrected chi connectivity index (χ0v) is 20.1. The van der Waals surface area contributed by atoms with Crippen LogP contribution in [0.1, 0.15) is 90.4 Å². The Kier molecular flexibility index (Phi) is 6.07. The van der Waals surface area contributed by atoms with Crippen LogP contribution in [0.15, 0.2) is 30.5 Å². The largest absolute Gasteiger partial charge is 0.417 e. The Labute approximate surface area is 205 Å². The van der Waals surface area contributed by atoms with Gasteiger partial charge >= 0.3 is 6.18 Å². The number of nitrogens with one attached hydrogen (secondary N) is 1. The van der Waals surface area contributed by atoms with Gasteiger partial charge in [0.15, 0.2) is 0 Å². The van der Waals surface area contributed by atoms with Crippen molar-refractivity contribution in [2.45, 2.75) is 63.6 Å². The second-order valence-electron chi connectivity index (χ2n) is 9.46. The second-order valence-corrected chi connectivity index (χ2v) is 9.84. The molecule has 1 aromatic carbocycles. The van der Waals surface area contributed by atoms with Crippen LogP contribution >= 0.6 is 11.6 Å². The van der Waals surface area contributed by atoms with Crippen molar-refractivity contribution in [2.75, 3.05) is 6.54 Å². The molecule has 1 aliphatic heterocycles. The van der Waals surface area contributed by atoms with E-state index in [-0.39, 0.29) is 23.4 Å². The van der Waals surface area contributed by atoms with Gasteiger partial charge in [-0.3, -0.25) is 9.89 Å². The Morgan fingerprint density at radius 1 is 1.17 bits per heavy atom. The average Bonchev–Trinajstić information content (AvgIpc) is 3.32. The Hall–Kier alpha value is -2.94. The lowest BCUT2D eigenvalue weighted by Gasteiger charge is -2.43. The molecule has 1 amide bonds. The number of carbonyl (C=O) groups excluding carboxylic acids is 1. The molecule has 1 N–H and O–H groups in total. The molecular formula is C25H25ClF3N5O. The van der Waals surface area contributed by atoms with Crippen molar-refractivity contribution < 1.29 is 18.0 Å². The van der Waals surface area contributed by atoms with Gasteiger partial charge in [-0.05, 0) is 31.0 Å². The van der Waals surface area contributed by atoms with E-state index < -0.39 is 22.7 Å². The third kappa shape index (κ3) is 4.20. The maximum absolute atomic E-state index is 13.7. The van der Waals surface area contributed by atoms with Crippen LogP contribution < -0.4 is 0 Å². The first kappa shape index (κ1) is 23.8. The summed E-state index contributed by atoms with van der Waals surface area (Å²) >= 11 is 6.14. The number of amides is 1. The first-order valence-electron chi connectivity index (χ1n) is 11.7. The van der Waals surface area contributed by atoms with Gasteiger partial charge in [-0.2, -0.15) is 18.3 Å². The van der Waals surface area contributed by atoms with Crippen LogP contribution in [0.2, 0.25) is 5.02 Å². The number of hydrogen-bond donors (Lipinski definition) is 1. The van der Waals surface area contributed by atoms with Gasteiger partial charge in [0.2, 0.25) is 0 Å². The number of nitrogens with zero attached hydrogens (tertiary/aromatic N) is 4. The summed E-state index contributed by atoms with van der Waals surface area (Å²) in [5.41, 5.74) is 2.10. The van der Waals surface area contributed by atoms with Crippen molar-refractivity contribution in [3.8, 4) is 11.4 Å². The Morgan fingerprint density at radius 3 is 2.63 bits per heavy atom. The summed E-state index contributed by atoms with van der Waals surface area (Å²) in [7, 11) is 0. The monoisotopic (exact) mass is 503 g/mol. The number of aromatic amines is 1. The van der Waals surface area contributed by atoms with Crippen LogP contribution in [-0.2, 0) is 6.18 Å². The number of likely N-dealkylation sites (tertiary alicyclic amines) is 1. The minimum Gasteiger partial charge on any atom is -0.329 e. The zero-order valence-electron chi connectivity index (χ0n) is 19.4. The van der Waals surface area contributed by atoms with Crippen molar-refractivity contribution in [3.05, 3.63) is 63.7 Å². The predicted molar refractivity (Wildman–Crippen MR) is 125 cm³/mol. The van der Waals surface area contributed by atoms with Gasteiger partial charge in [0.25, 0.3) is 5.91 Å². The molecule has 2 aromatic heterocycles. The molecule has 6 nitrogen and oxygen atoms in total. The van der Waals surface area contributed by atoms with E-state index in [1.165, 1.54) is 12.1 Å². The van der Waals surface area contributed by atoms with Crippen LogP contribution in [0.3, 0.4) is 0 Å². The molecule has 2 unspecified atom stereocenters. The lowest BCUT2D eigenvalue weighted by atomic mass is 9.79. The predicted octanol–water partition coefficient (Wildman–Crippen LogP) is 6.52. The lowest BCUT2D eigenvalue weighted by Crippen LogP contribution is -2.44. The van der Waals surface area contributed by atoms with E-state index in [9.17, 15) is 18.0 Å². The third-order valence-corrected chi connectivity index (χ3v) is 7.25. The summed E-state index contributed by atoms with van der Waals surface area (Å²) in [4.78, 5) is 25.1. The van der Waals surface area contributed by atoms with Crippen LogP contribution in [0.4, 0.5) is 13.2 Å². The molecule has 0 fully saturated rings. The maximum Gasteiger partial charge on any atom is 0.417 e. The molecule has 184 valence electrons. The normalized spacial score (nSPS) is 20.0. The highest BCUT2D eigenvalue weighted by molar-refractivity contribution is 6.34. The molecule has 10 heteroatoms. The number of H-pyrrole nitrogens is 1. The number of rotatable bonds is 3. The Morgan fingerprint density at radius 2 is 1.94 bits per heavy atom. The van der Waals surface area contributed by atoms with Gasteiger partial charge in [-0.1, -0.05) is 44.4 Å². The van der Waals surface area contributed by atoms with Crippen molar-refractivity contribution >= 4 is 17.5 Å². The van der Waals surface area contributed by atoms with Crippen LogP contribution in [0, 0.1) is 0 Å². The first-order valence-corrected chi connectivity index (χ1v) is 12.1. The number of halogens is 4. The Balaban J connectivity index is 1.65. The summed E-state index contributed by atoms with van der Waals surface area (Å²) in [6, 6.07) is 4.98. The van der Waals surface area contributed by atoms with Gasteiger partial charge in [0, 0.05) is 30.1 Å². The van der Waals surface area contributed by atoms with E-state index in [4.69, 9.17) is 21.6 Å². The molecule has 1 aliphatic carbocycles. The minimum atomic E-state index is -4.65. The van der Waals surface area contributed by atoms with Crippen molar-refractivity contribution in [2.24, 2.45) is 0 Å². The summed E-state index contributed by atoms with van der Waals surface area (Å²) in [6.45, 7) is 4.37. The number of benzene rings is 1. The fraction of sp³-hybridized carbons (Fsp3) is 0.440. The molecule has 3 heterocycles. The summed E-state index contributed by atoms with van der Waals surface area (Å²) in [6.07, 6.45) is 0.454. The van der Waals surface area contributed by atoms with E-state index in [2.05, 4.69) is 10.2 Å². The standard InChI is InChI=1S/C25H25ClF3N5O/c1-13(2)23-31-21(17-10-11-30-33-17)19-14-6-3-4-9-18(22(19)32-23)34(12-14)24(35)15-7-5-8-16(20(15)26)25(27,28)29/h5,7-8,10-11,13-14,18H,3-4,6,9,12H2,1-2H3,(H,30,33). The molecule has 5 rings (SSSR count). The number of carbonyl (C=O) groups is 1. The fourth-order valence-electron chi connectivity index (χ4n) is 5.16. The fourth-order valence-corrected chi connectivity index (χ4v) is 5.48. The topological polar surface area (TPSA) is 74.8 Å². The second kappa shape index (κ2) is 8.93. The molecule has 3 aromatic rings. The minimum absolute atomic E-state index is 0.0454. The van der Waals surface area contributed by atoms with E-state index in [1.54, 1.807) is 11.1 Å². The van der Waals surface area contributed by atoms with Gasteiger partial charge in [0.05, 0.1) is 33.6 Å².